The van der Waals surface area contributed by atoms with Crippen LogP contribution in [0.3, 0.4) is 0 Å². The van der Waals surface area contributed by atoms with Crippen molar-refractivity contribution >= 4 is 17.3 Å². The van der Waals surface area contributed by atoms with Crippen molar-refractivity contribution in [1.82, 2.24) is 19.9 Å². The second-order valence-electron chi connectivity index (χ2n) is 8.22. The van der Waals surface area contributed by atoms with E-state index in [1.807, 2.05) is 6.07 Å². The third-order valence-corrected chi connectivity index (χ3v) is 7.03. The number of benzene rings is 1. The van der Waals surface area contributed by atoms with Gasteiger partial charge in [-0.3, -0.25) is 0 Å². The van der Waals surface area contributed by atoms with Crippen LogP contribution in [-0.2, 0) is 5.60 Å². The summed E-state index contributed by atoms with van der Waals surface area (Å²) in [6.45, 7) is 1.64. The Morgan fingerprint density at radius 3 is 2.57 bits per heavy atom. The molecule has 30 heavy (non-hydrogen) atoms. The Morgan fingerprint density at radius 1 is 1.13 bits per heavy atom. The fourth-order valence-electron chi connectivity index (χ4n) is 3.66. The summed E-state index contributed by atoms with van der Waals surface area (Å²) in [5.41, 5.74) is 1.33. The van der Waals surface area contributed by atoms with Crippen LogP contribution < -0.4 is 5.32 Å². The SMILES string of the molecule is CN1CCC(O)(c2nc(-c3ccc(F)cc3)c(-c3ccnc(NC4CC4)n3)s2)CC1. The maximum absolute atomic E-state index is 13.5. The highest BCUT2D eigenvalue weighted by atomic mass is 32.1. The van der Waals surface area contributed by atoms with Crippen LogP contribution >= 0.6 is 11.3 Å². The van der Waals surface area contributed by atoms with E-state index < -0.39 is 5.60 Å². The monoisotopic (exact) mass is 425 g/mol. The number of piperidine rings is 1. The number of nitrogens with zero attached hydrogens (tertiary/aromatic N) is 4. The predicted molar refractivity (Wildman–Crippen MR) is 116 cm³/mol. The number of rotatable bonds is 5. The van der Waals surface area contributed by atoms with Crippen LogP contribution in [0.15, 0.2) is 36.5 Å². The summed E-state index contributed by atoms with van der Waals surface area (Å²) < 4.78 is 13.5. The van der Waals surface area contributed by atoms with Crippen molar-refractivity contribution in [2.24, 2.45) is 0 Å². The second kappa shape index (κ2) is 7.68. The van der Waals surface area contributed by atoms with Gasteiger partial charge in [0.2, 0.25) is 5.95 Å². The molecule has 1 aromatic carbocycles. The van der Waals surface area contributed by atoms with Gasteiger partial charge in [-0.25, -0.2) is 19.3 Å². The van der Waals surface area contributed by atoms with Crippen molar-refractivity contribution in [2.75, 3.05) is 25.5 Å². The Labute approximate surface area is 178 Å². The first-order valence-electron chi connectivity index (χ1n) is 10.3. The number of anilines is 1. The lowest BCUT2D eigenvalue weighted by atomic mass is 9.92. The average Bonchev–Trinajstić information content (AvgIpc) is 3.44. The number of hydrogen-bond acceptors (Lipinski definition) is 7. The predicted octanol–water partition coefficient (Wildman–Crippen LogP) is 3.89. The van der Waals surface area contributed by atoms with Crippen LogP contribution in [0.4, 0.5) is 10.3 Å². The van der Waals surface area contributed by atoms with Gasteiger partial charge in [-0.15, -0.1) is 11.3 Å². The van der Waals surface area contributed by atoms with Gasteiger partial charge < -0.3 is 15.3 Å². The van der Waals surface area contributed by atoms with Crippen molar-refractivity contribution < 1.29 is 9.50 Å². The van der Waals surface area contributed by atoms with Gasteiger partial charge in [-0.1, -0.05) is 0 Å². The van der Waals surface area contributed by atoms with Gasteiger partial charge in [0, 0.05) is 30.9 Å². The summed E-state index contributed by atoms with van der Waals surface area (Å²) in [5.74, 6) is 0.315. The molecule has 0 unspecified atom stereocenters. The van der Waals surface area contributed by atoms with E-state index >= 15 is 0 Å². The molecule has 0 bridgehead atoms. The normalized spacial score (nSPS) is 19.0. The molecule has 0 amide bonds. The van der Waals surface area contributed by atoms with Crippen LogP contribution in [0.1, 0.15) is 30.7 Å². The minimum atomic E-state index is -0.952. The van der Waals surface area contributed by atoms with E-state index in [-0.39, 0.29) is 5.82 Å². The molecule has 0 radical (unpaired) electrons. The van der Waals surface area contributed by atoms with Gasteiger partial charge >= 0.3 is 0 Å². The Bertz CT molecular complexity index is 1040. The van der Waals surface area contributed by atoms with Crippen molar-refractivity contribution in [1.29, 1.82) is 0 Å². The first kappa shape index (κ1) is 19.5. The molecule has 5 rings (SSSR count). The summed E-state index contributed by atoms with van der Waals surface area (Å²) in [6, 6.07) is 8.63. The van der Waals surface area contributed by atoms with Crippen LogP contribution in [0.5, 0.6) is 0 Å². The highest BCUT2D eigenvalue weighted by Crippen LogP contribution is 2.43. The highest BCUT2D eigenvalue weighted by molar-refractivity contribution is 7.15. The summed E-state index contributed by atoms with van der Waals surface area (Å²) >= 11 is 1.47. The highest BCUT2D eigenvalue weighted by Gasteiger charge is 2.37. The first-order chi connectivity index (χ1) is 14.5. The first-order valence-corrected chi connectivity index (χ1v) is 11.1. The molecule has 3 heterocycles. The molecule has 1 aliphatic heterocycles. The average molecular weight is 426 g/mol. The van der Waals surface area contributed by atoms with Crippen LogP contribution in [0, 0.1) is 5.82 Å². The molecule has 3 aromatic rings. The van der Waals surface area contributed by atoms with E-state index in [0.29, 0.717) is 29.8 Å². The maximum Gasteiger partial charge on any atom is 0.223 e. The molecule has 1 saturated heterocycles. The van der Waals surface area contributed by atoms with Gasteiger partial charge in [0.1, 0.15) is 16.4 Å². The van der Waals surface area contributed by atoms with Gasteiger partial charge in [-0.2, -0.15) is 0 Å². The van der Waals surface area contributed by atoms with E-state index in [4.69, 9.17) is 9.97 Å². The lowest BCUT2D eigenvalue weighted by Crippen LogP contribution is -2.40. The van der Waals surface area contributed by atoms with E-state index in [9.17, 15) is 9.50 Å². The molecule has 2 aromatic heterocycles. The molecule has 156 valence electrons. The van der Waals surface area contributed by atoms with E-state index in [2.05, 4.69) is 22.2 Å². The molecule has 2 fully saturated rings. The molecular formula is C22H24FN5OS. The minimum Gasteiger partial charge on any atom is -0.383 e. The number of aliphatic hydroxyl groups is 1. The van der Waals surface area contributed by atoms with Gasteiger partial charge in [0.15, 0.2) is 0 Å². The number of thiazole rings is 1. The minimum absolute atomic E-state index is 0.289. The van der Waals surface area contributed by atoms with Gasteiger partial charge in [-0.05, 0) is 63.1 Å². The molecule has 1 saturated carbocycles. The Hall–Kier alpha value is -2.42. The van der Waals surface area contributed by atoms with Crippen LogP contribution in [0.2, 0.25) is 0 Å². The van der Waals surface area contributed by atoms with Crippen LogP contribution in [-0.4, -0.2) is 51.1 Å². The standard InChI is InChI=1S/C22H24FN5OS/c1-28-12-9-22(29,10-13-28)20-27-18(14-2-4-15(23)5-3-14)19(30-20)17-8-11-24-21(26-17)25-16-6-7-16/h2-5,8,11,16,29H,6-7,9-10,12-13H2,1H3,(H,24,25,26). The topological polar surface area (TPSA) is 74.2 Å². The molecule has 0 spiro atoms. The van der Waals surface area contributed by atoms with Gasteiger partial charge in [0.25, 0.3) is 0 Å². The second-order valence-corrected chi connectivity index (χ2v) is 9.22. The molecule has 8 heteroatoms. The number of likely N-dealkylation sites (tertiary alicyclic amines) is 1. The smallest absolute Gasteiger partial charge is 0.223 e. The van der Waals surface area contributed by atoms with E-state index in [0.717, 1.165) is 47.8 Å². The fraction of sp³-hybridized carbons (Fsp3) is 0.409. The molecule has 0 atom stereocenters. The largest absolute Gasteiger partial charge is 0.383 e. The van der Waals surface area contributed by atoms with E-state index in [1.54, 1.807) is 18.3 Å². The molecule has 6 nitrogen and oxygen atoms in total. The van der Waals surface area contributed by atoms with Crippen molar-refractivity contribution in [3.63, 3.8) is 0 Å². The lowest BCUT2D eigenvalue weighted by Gasteiger charge is -2.34. The third kappa shape index (κ3) is 3.95. The third-order valence-electron chi connectivity index (χ3n) is 5.76. The lowest BCUT2D eigenvalue weighted by molar-refractivity contribution is -0.0203. The summed E-state index contributed by atoms with van der Waals surface area (Å²) in [7, 11) is 2.06. The molecule has 2 N–H and O–H groups in total. The van der Waals surface area contributed by atoms with Crippen molar-refractivity contribution in [3.05, 3.63) is 47.4 Å². The summed E-state index contributed by atoms with van der Waals surface area (Å²) in [5, 5.41) is 15.4. The zero-order valence-electron chi connectivity index (χ0n) is 16.8. The Morgan fingerprint density at radius 2 is 1.87 bits per heavy atom. The summed E-state index contributed by atoms with van der Waals surface area (Å²) in [6.07, 6.45) is 5.29. The maximum atomic E-state index is 13.5. The van der Waals surface area contributed by atoms with Gasteiger partial charge in [0.05, 0.1) is 16.3 Å². The number of nitrogens with one attached hydrogen (secondary N) is 1. The van der Waals surface area contributed by atoms with Crippen molar-refractivity contribution in [2.45, 2.75) is 37.3 Å². The molecule has 1 aliphatic carbocycles. The zero-order valence-corrected chi connectivity index (χ0v) is 17.6. The summed E-state index contributed by atoms with van der Waals surface area (Å²) in [4.78, 5) is 17.0. The van der Waals surface area contributed by atoms with Crippen molar-refractivity contribution in [3.8, 4) is 21.8 Å². The zero-order chi connectivity index (χ0) is 20.7. The Kier molecular flexibility index (Phi) is 5.00. The quantitative estimate of drug-likeness (QED) is 0.646. The van der Waals surface area contributed by atoms with E-state index in [1.165, 1.54) is 23.5 Å². The molecular weight excluding hydrogens is 401 g/mol. The van der Waals surface area contributed by atoms with Crippen LogP contribution in [0.25, 0.3) is 21.8 Å². The number of aromatic nitrogens is 3. The fourth-order valence-corrected chi connectivity index (χ4v) is 4.87. The molecule has 2 aliphatic rings. The Balaban J connectivity index is 1.58. The number of halogens is 1. The number of hydrogen-bond donors (Lipinski definition) is 2.